The van der Waals surface area contributed by atoms with E-state index in [4.69, 9.17) is 12.2 Å². The molecule has 1 aromatic carbocycles. The van der Waals surface area contributed by atoms with Gasteiger partial charge in [-0.1, -0.05) is 6.07 Å². The lowest BCUT2D eigenvalue weighted by atomic mass is 10.3. The maximum absolute atomic E-state index is 12.7. The summed E-state index contributed by atoms with van der Waals surface area (Å²) in [6, 6.07) is 5.78. The third kappa shape index (κ3) is 4.37. The number of carbonyl (C=O) groups is 1. The maximum atomic E-state index is 12.7. The molecule has 0 spiro atoms. The number of hydrogen-bond acceptors (Lipinski definition) is 2. The van der Waals surface area contributed by atoms with Gasteiger partial charge in [0.05, 0.1) is 0 Å². The summed E-state index contributed by atoms with van der Waals surface area (Å²) in [5.74, 6) is -0.887. The van der Waals surface area contributed by atoms with Crippen molar-refractivity contribution < 1.29 is 9.18 Å². The van der Waals surface area contributed by atoms with Gasteiger partial charge in [-0.25, -0.2) is 4.39 Å². The Morgan fingerprint density at radius 1 is 1.40 bits per heavy atom. The second kappa shape index (κ2) is 5.26. The van der Waals surface area contributed by atoms with E-state index in [-0.39, 0.29) is 10.9 Å². The van der Waals surface area contributed by atoms with Crippen molar-refractivity contribution in [3.63, 3.8) is 0 Å². The number of benzene rings is 1. The molecule has 6 heteroatoms. The van der Waals surface area contributed by atoms with Crippen molar-refractivity contribution in [3.8, 4) is 0 Å². The number of thiocarbonyl (C=S) groups is 1. The Bertz CT molecular complexity index is 383. The Morgan fingerprint density at radius 3 is 2.73 bits per heavy atom. The number of amides is 1. The molecule has 4 nitrogen and oxygen atoms in total. The third-order valence-corrected chi connectivity index (χ3v) is 1.60. The van der Waals surface area contributed by atoms with E-state index >= 15 is 0 Å². The van der Waals surface area contributed by atoms with Gasteiger partial charge in [0.25, 0.3) is 0 Å². The number of hydrogen-bond donors (Lipinski definition) is 3. The van der Waals surface area contributed by atoms with Crippen LogP contribution in [0, 0.1) is 12.7 Å². The molecule has 0 atom stereocenters. The first-order valence-electron chi connectivity index (χ1n) is 4.02. The van der Waals surface area contributed by atoms with E-state index in [1.54, 1.807) is 12.1 Å². The van der Waals surface area contributed by atoms with Crippen LogP contribution in [0.15, 0.2) is 24.3 Å². The van der Waals surface area contributed by atoms with E-state index < -0.39 is 5.91 Å². The highest BCUT2D eigenvalue weighted by atomic mass is 32.1. The molecular formula is C9H9FN3OS. The fraction of sp³-hybridized carbons (Fsp3) is 0. The minimum atomic E-state index is -0.515. The number of rotatable bonds is 1. The van der Waals surface area contributed by atoms with E-state index in [0.29, 0.717) is 5.69 Å². The molecule has 0 aliphatic rings. The van der Waals surface area contributed by atoms with Crippen molar-refractivity contribution in [2.45, 2.75) is 0 Å². The fourth-order valence-electron chi connectivity index (χ4n) is 0.855. The molecule has 1 radical (unpaired) electrons. The lowest BCUT2D eigenvalue weighted by Gasteiger charge is -2.09. The van der Waals surface area contributed by atoms with Gasteiger partial charge in [0.15, 0.2) is 5.11 Å². The van der Waals surface area contributed by atoms with Crippen LogP contribution in [-0.4, -0.2) is 11.0 Å². The van der Waals surface area contributed by atoms with Crippen molar-refractivity contribution in [1.29, 1.82) is 0 Å². The van der Waals surface area contributed by atoms with Crippen LogP contribution in [-0.2, 0) is 4.79 Å². The quantitative estimate of drug-likeness (QED) is 0.493. The zero-order valence-corrected chi connectivity index (χ0v) is 8.53. The van der Waals surface area contributed by atoms with E-state index in [9.17, 15) is 9.18 Å². The van der Waals surface area contributed by atoms with Crippen molar-refractivity contribution in [2.24, 2.45) is 0 Å². The Hall–Kier alpha value is -1.69. The highest BCUT2D eigenvalue weighted by molar-refractivity contribution is 7.80. The van der Waals surface area contributed by atoms with Crippen LogP contribution >= 0.6 is 12.2 Å². The highest BCUT2D eigenvalue weighted by Crippen LogP contribution is 2.08. The summed E-state index contributed by atoms with van der Waals surface area (Å²) in [4.78, 5) is 10.4. The van der Waals surface area contributed by atoms with Gasteiger partial charge in [-0.2, -0.15) is 0 Å². The molecule has 79 valence electrons. The topological polar surface area (TPSA) is 53.2 Å². The minimum absolute atomic E-state index is 0.151. The van der Waals surface area contributed by atoms with Crippen LogP contribution < -0.4 is 16.2 Å². The van der Waals surface area contributed by atoms with Crippen LogP contribution in [0.3, 0.4) is 0 Å². The smallest absolute Gasteiger partial charge is 0.238 e. The monoisotopic (exact) mass is 226 g/mol. The maximum Gasteiger partial charge on any atom is 0.238 e. The van der Waals surface area contributed by atoms with E-state index in [1.807, 2.05) is 0 Å². The number of anilines is 1. The molecule has 0 aliphatic carbocycles. The molecule has 1 amide bonds. The molecule has 0 fully saturated rings. The molecule has 1 rings (SSSR count). The van der Waals surface area contributed by atoms with Gasteiger partial charge >= 0.3 is 0 Å². The molecule has 1 aromatic rings. The number of carbonyl (C=O) groups excluding carboxylic acids is 1. The van der Waals surface area contributed by atoms with Gasteiger partial charge in [-0.3, -0.25) is 15.6 Å². The van der Waals surface area contributed by atoms with Gasteiger partial charge in [-0.05, 0) is 30.4 Å². The SMILES string of the molecule is [CH2]C(=O)NNC(=S)Nc1cccc(F)c1. The Balaban J connectivity index is 2.48. The summed E-state index contributed by atoms with van der Waals surface area (Å²) in [6.45, 7) is 3.07. The van der Waals surface area contributed by atoms with Crippen LogP contribution in [0.4, 0.5) is 10.1 Å². The predicted molar refractivity (Wildman–Crippen MR) is 59.3 cm³/mol. The fourth-order valence-corrected chi connectivity index (χ4v) is 1.02. The molecule has 15 heavy (non-hydrogen) atoms. The van der Waals surface area contributed by atoms with Crippen molar-refractivity contribution in [1.82, 2.24) is 10.9 Å². The van der Waals surface area contributed by atoms with Crippen molar-refractivity contribution in [3.05, 3.63) is 37.0 Å². The first kappa shape index (κ1) is 11.4. The highest BCUT2D eigenvalue weighted by Gasteiger charge is 1.98. The normalized spacial score (nSPS) is 9.20. The van der Waals surface area contributed by atoms with E-state index in [2.05, 4.69) is 23.1 Å². The Kier molecular flexibility index (Phi) is 3.99. The second-order valence-electron chi connectivity index (χ2n) is 2.64. The first-order chi connectivity index (χ1) is 7.08. The summed E-state index contributed by atoms with van der Waals surface area (Å²) >= 11 is 4.81. The largest absolute Gasteiger partial charge is 0.331 e. The van der Waals surface area contributed by atoms with Gasteiger partial charge in [0.2, 0.25) is 5.91 Å². The molecule has 0 aromatic heterocycles. The van der Waals surface area contributed by atoms with Gasteiger partial charge in [0.1, 0.15) is 5.82 Å². The first-order valence-corrected chi connectivity index (χ1v) is 4.43. The van der Waals surface area contributed by atoms with Gasteiger partial charge < -0.3 is 5.32 Å². The van der Waals surface area contributed by atoms with E-state index in [0.717, 1.165) is 0 Å². The Labute approximate surface area is 91.8 Å². The molecule has 0 heterocycles. The predicted octanol–water partition coefficient (Wildman–Crippen LogP) is 0.977. The standard InChI is InChI=1S/C9H9FN3OS/c1-6(14)12-13-9(15)11-8-4-2-3-7(10)5-8/h2-5H,1H2,(H,12,14)(H2,11,13,15). The molecule has 0 unspecified atom stereocenters. The zero-order valence-electron chi connectivity index (χ0n) is 7.71. The minimum Gasteiger partial charge on any atom is -0.331 e. The summed E-state index contributed by atoms with van der Waals surface area (Å²) in [6.07, 6.45) is 0. The van der Waals surface area contributed by atoms with Gasteiger partial charge in [-0.15, -0.1) is 0 Å². The number of halogens is 1. The van der Waals surface area contributed by atoms with Gasteiger partial charge in [0, 0.05) is 12.6 Å². The Morgan fingerprint density at radius 2 is 2.13 bits per heavy atom. The molecule has 0 saturated carbocycles. The lowest BCUT2D eigenvalue weighted by Crippen LogP contribution is -2.42. The van der Waals surface area contributed by atoms with Crippen LogP contribution in [0.5, 0.6) is 0 Å². The van der Waals surface area contributed by atoms with Crippen molar-refractivity contribution >= 4 is 28.9 Å². The lowest BCUT2D eigenvalue weighted by molar-refractivity contribution is -0.117. The summed E-state index contributed by atoms with van der Waals surface area (Å²) in [5, 5.41) is 2.83. The average molecular weight is 226 g/mol. The number of nitrogens with one attached hydrogen (secondary N) is 3. The van der Waals surface area contributed by atoms with Crippen LogP contribution in [0.25, 0.3) is 0 Å². The molecule has 3 N–H and O–H groups in total. The summed E-state index contributed by atoms with van der Waals surface area (Å²) in [7, 11) is 0. The molecule has 0 bridgehead atoms. The molecule has 0 saturated heterocycles. The summed E-state index contributed by atoms with van der Waals surface area (Å²) in [5.41, 5.74) is 5.06. The summed E-state index contributed by atoms with van der Waals surface area (Å²) < 4.78 is 12.7. The molecular weight excluding hydrogens is 217 g/mol. The van der Waals surface area contributed by atoms with E-state index in [1.165, 1.54) is 12.1 Å². The zero-order chi connectivity index (χ0) is 11.3. The third-order valence-electron chi connectivity index (χ3n) is 1.40. The van der Waals surface area contributed by atoms with Crippen molar-refractivity contribution in [2.75, 3.05) is 5.32 Å². The number of hydrazine groups is 1. The second-order valence-corrected chi connectivity index (χ2v) is 3.05. The molecule has 0 aliphatic heterocycles. The van der Waals surface area contributed by atoms with Crippen LogP contribution in [0.2, 0.25) is 0 Å². The average Bonchev–Trinajstić information content (AvgIpc) is 2.15. The van der Waals surface area contributed by atoms with Crippen LogP contribution in [0.1, 0.15) is 0 Å².